The van der Waals surface area contributed by atoms with Gasteiger partial charge in [0.1, 0.15) is 5.75 Å². The normalized spacial score (nSPS) is 20.3. The van der Waals surface area contributed by atoms with Crippen molar-refractivity contribution < 1.29 is 22.3 Å². The summed E-state index contributed by atoms with van der Waals surface area (Å²) in [7, 11) is 1.38. The third kappa shape index (κ3) is 1.38. The fraction of sp³-hybridized carbons (Fsp3) is 0.273. The van der Waals surface area contributed by atoms with Crippen LogP contribution in [-0.2, 0) is 5.92 Å². The molecule has 0 saturated carbocycles. The average molecular weight is 232 g/mol. The molecule has 1 aliphatic rings. The Labute approximate surface area is 89.3 Å². The molecular weight excluding hydrogens is 224 g/mol. The van der Waals surface area contributed by atoms with Gasteiger partial charge < -0.3 is 4.74 Å². The topological polar surface area (TPSA) is 9.23 Å². The Bertz CT molecular complexity index is 451. The fourth-order valence-corrected chi connectivity index (χ4v) is 1.57. The third-order valence-corrected chi connectivity index (χ3v) is 2.49. The molecule has 0 aliphatic heterocycles. The summed E-state index contributed by atoms with van der Waals surface area (Å²) in [4.78, 5) is 0. The molecule has 0 atom stereocenters. The number of allylic oxidation sites excluding steroid dienone is 1. The summed E-state index contributed by atoms with van der Waals surface area (Å²) in [6.45, 7) is 0. The quantitative estimate of drug-likeness (QED) is 0.674. The highest BCUT2D eigenvalue weighted by molar-refractivity contribution is 5.62. The second-order valence-electron chi connectivity index (χ2n) is 3.48. The van der Waals surface area contributed by atoms with Crippen molar-refractivity contribution in [1.82, 2.24) is 0 Å². The monoisotopic (exact) mass is 232 g/mol. The van der Waals surface area contributed by atoms with Crippen LogP contribution in [0.15, 0.2) is 24.3 Å². The van der Waals surface area contributed by atoms with Crippen LogP contribution >= 0.6 is 0 Å². The van der Waals surface area contributed by atoms with Crippen LogP contribution < -0.4 is 4.74 Å². The number of alkyl halides is 4. The summed E-state index contributed by atoms with van der Waals surface area (Å²) in [5.74, 6) is -7.97. The Morgan fingerprint density at radius 2 is 1.81 bits per heavy atom. The van der Waals surface area contributed by atoms with Gasteiger partial charge in [0.2, 0.25) is 0 Å². The Balaban J connectivity index is 2.60. The molecule has 1 aromatic carbocycles. The highest BCUT2D eigenvalue weighted by Gasteiger charge is 2.57. The molecule has 0 unspecified atom stereocenters. The lowest BCUT2D eigenvalue weighted by Gasteiger charge is -2.29. The SMILES string of the molecule is COc1ccc2c(c1)C=CC(F)(F)C2(F)F. The van der Waals surface area contributed by atoms with Crippen LogP contribution in [-0.4, -0.2) is 13.0 Å². The first kappa shape index (κ1) is 11.0. The highest BCUT2D eigenvalue weighted by atomic mass is 19.3. The van der Waals surface area contributed by atoms with E-state index in [9.17, 15) is 17.6 Å². The van der Waals surface area contributed by atoms with Crippen molar-refractivity contribution in [3.05, 3.63) is 35.4 Å². The van der Waals surface area contributed by atoms with Crippen LogP contribution in [0.4, 0.5) is 17.6 Å². The first-order valence-corrected chi connectivity index (χ1v) is 4.52. The van der Waals surface area contributed by atoms with Crippen LogP contribution in [0.25, 0.3) is 6.08 Å². The van der Waals surface area contributed by atoms with Gasteiger partial charge in [-0.3, -0.25) is 0 Å². The molecule has 86 valence electrons. The highest BCUT2D eigenvalue weighted by Crippen LogP contribution is 2.48. The molecule has 0 bridgehead atoms. The van der Waals surface area contributed by atoms with Gasteiger partial charge in [0.15, 0.2) is 0 Å². The number of fused-ring (bicyclic) bond motifs is 1. The number of hydrogen-bond donors (Lipinski definition) is 0. The molecule has 0 aromatic heterocycles. The molecule has 1 aliphatic carbocycles. The van der Waals surface area contributed by atoms with Crippen LogP contribution in [0.5, 0.6) is 5.75 Å². The van der Waals surface area contributed by atoms with E-state index in [1.807, 2.05) is 0 Å². The standard InChI is InChI=1S/C11H8F4O/c1-16-8-2-3-9-7(6-8)4-5-10(12,13)11(9,14)15/h2-6H,1H3. The molecule has 0 radical (unpaired) electrons. The van der Waals surface area contributed by atoms with Gasteiger partial charge in [-0.1, -0.05) is 6.08 Å². The summed E-state index contributed by atoms with van der Waals surface area (Å²) in [5.41, 5.74) is -0.629. The minimum absolute atomic E-state index is 0.0512. The van der Waals surface area contributed by atoms with Crippen LogP contribution in [0.2, 0.25) is 0 Å². The zero-order valence-electron chi connectivity index (χ0n) is 8.31. The molecule has 1 nitrogen and oxygen atoms in total. The van der Waals surface area contributed by atoms with Gasteiger partial charge in [-0.05, 0) is 29.8 Å². The molecule has 16 heavy (non-hydrogen) atoms. The van der Waals surface area contributed by atoms with Gasteiger partial charge in [0.25, 0.3) is 0 Å². The lowest BCUT2D eigenvalue weighted by atomic mass is 9.91. The summed E-state index contributed by atoms with van der Waals surface area (Å²) >= 11 is 0. The largest absolute Gasteiger partial charge is 0.497 e. The average Bonchev–Trinajstić information content (AvgIpc) is 2.24. The summed E-state index contributed by atoms with van der Waals surface area (Å²) in [6, 6.07) is 3.50. The van der Waals surface area contributed by atoms with Crippen molar-refractivity contribution in [2.45, 2.75) is 11.8 Å². The van der Waals surface area contributed by atoms with Crippen LogP contribution in [0, 0.1) is 0 Å². The fourth-order valence-electron chi connectivity index (χ4n) is 1.57. The number of hydrogen-bond acceptors (Lipinski definition) is 1. The molecule has 1 aromatic rings. The van der Waals surface area contributed by atoms with E-state index in [0.29, 0.717) is 5.75 Å². The smallest absolute Gasteiger partial charge is 0.339 e. The maximum Gasteiger partial charge on any atom is 0.339 e. The van der Waals surface area contributed by atoms with Gasteiger partial charge in [-0.15, -0.1) is 0 Å². The first-order valence-electron chi connectivity index (χ1n) is 4.52. The van der Waals surface area contributed by atoms with Crippen LogP contribution in [0.3, 0.4) is 0 Å². The Morgan fingerprint density at radius 3 is 2.44 bits per heavy atom. The van der Waals surface area contributed by atoms with Crippen molar-refractivity contribution in [1.29, 1.82) is 0 Å². The lowest BCUT2D eigenvalue weighted by Crippen LogP contribution is -2.38. The molecule has 0 N–H and O–H groups in total. The molecule has 5 heteroatoms. The summed E-state index contributed by atoms with van der Waals surface area (Å²) in [6.07, 6.45) is 1.20. The molecular formula is C11H8F4O. The number of benzene rings is 1. The molecule has 0 saturated heterocycles. The Kier molecular flexibility index (Phi) is 2.22. The molecule has 0 spiro atoms. The summed E-state index contributed by atoms with van der Waals surface area (Å²) in [5, 5.41) is 0. The van der Waals surface area contributed by atoms with Gasteiger partial charge >= 0.3 is 11.8 Å². The molecule has 0 heterocycles. The maximum atomic E-state index is 13.4. The lowest BCUT2D eigenvalue weighted by molar-refractivity contribution is -0.187. The number of rotatable bonds is 1. The van der Waals surface area contributed by atoms with Crippen LogP contribution in [0.1, 0.15) is 11.1 Å². The van der Waals surface area contributed by atoms with E-state index >= 15 is 0 Å². The van der Waals surface area contributed by atoms with E-state index in [0.717, 1.165) is 12.1 Å². The zero-order valence-corrected chi connectivity index (χ0v) is 8.31. The zero-order chi connectivity index (χ0) is 12.0. The molecule has 2 rings (SSSR count). The van der Waals surface area contributed by atoms with Gasteiger partial charge in [-0.25, -0.2) is 0 Å². The van der Waals surface area contributed by atoms with E-state index in [1.54, 1.807) is 0 Å². The van der Waals surface area contributed by atoms with Crippen molar-refractivity contribution in [2.75, 3.05) is 7.11 Å². The molecule has 0 fully saturated rings. The van der Waals surface area contributed by atoms with Crippen molar-refractivity contribution in [3.63, 3.8) is 0 Å². The number of methoxy groups -OCH3 is 1. The molecule has 0 amide bonds. The van der Waals surface area contributed by atoms with Crippen molar-refractivity contribution in [3.8, 4) is 5.75 Å². The van der Waals surface area contributed by atoms with E-state index in [-0.39, 0.29) is 11.6 Å². The Hall–Kier alpha value is -1.52. The van der Waals surface area contributed by atoms with E-state index < -0.39 is 17.4 Å². The Morgan fingerprint density at radius 1 is 1.12 bits per heavy atom. The van der Waals surface area contributed by atoms with Crippen molar-refractivity contribution in [2.24, 2.45) is 0 Å². The summed E-state index contributed by atoms with van der Waals surface area (Å²) < 4.78 is 57.5. The van der Waals surface area contributed by atoms with Gasteiger partial charge in [0.05, 0.1) is 7.11 Å². The minimum atomic E-state index is -4.18. The predicted octanol–water partition coefficient (Wildman–Crippen LogP) is 3.45. The maximum absolute atomic E-state index is 13.4. The van der Waals surface area contributed by atoms with E-state index in [1.165, 1.54) is 19.2 Å². The van der Waals surface area contributed by atoms with Gasteiger partial charge in [0, 0.05) is 5.56 Å². The second-order valence-corrected chi connectivity index (χ2v) is 3.48. The number of ether oxygens (including phenoxy) is 1. The minimum Gasteiger partial charge on any atom is -0.497 e. The predicted molar refractivity (Wildman–Crippen MR) is 50.9 cm³/mol. The van der Waals surface area contributed by atoms with E-state index in [4.69, 9.17) is 4.74 Å². The first-order chi connectivity index (χ1) is 7.38. The second kappa shape index (κ2) is 3.23. The number of halogens is 4. The van der Waals surface area contributed by atoms with E-state index in [2.05, 4.69) is 0 Å². The third-order valence-electron chi connectivity index (χ3n) is 2.49. The van der Waals surface area contributed by atoms with Gasteiger partial charge in [-0.2, -0.15) is 17.6 Å². The van der Waals surface area contributed by atoms with Crippen molar-refractivity contribution >= 4 is 6.08 Å².